The zero-order valence-electron chi connectivity index (χ0n) is 12.2. The molecule has 0 aromatic rings. The van der Waals surface area contributed by atoms with E-state index in [1.54, 1.807) is 20.8 Å². The molecule has 0 spiro atoms. The lowest BCUT2D eigenvalue weighted by molar-refractivity contribution is -0.135. The van der Waals surface area contributed by atoms with Crippen molar-refractivity contribution in [1.82, 2.24) is 5.32 Å². The fraction of sp³-hybridized carbons (Fsp3) is 0.714. The number of alkyl carbamates (subject to hydrolysis) is 1. The van der Waals surface area contributed by atoms with Crippen molar-refractivity contribution >= 4 is 12.1 Å². The van der Waals surface area contributed by atoms with Gasteiger partial charge in [-0.1, -0.05) is 25.7 Å². The Balaban J connectivity index is 4.53. The Labute approximate surface area is 114 Å². The van der Waals surface area contributed by atoms with Gasteiger partial charge in [0.25, 0.3) is 0 Å². The fourth-order valence-corrected chi connectivity index (χ4v) is 1.32. The molecule has 0 heterocycles. The van der Waals surface area contributed by atoms with Crippen LogP contribution in [0, 0.1) is 17.8 Å². The van der Waals surface area contributed by atoms with Gasteiger partial charge in [-0.3, -0.25) is 4.79 Å². The van der Waals surface area contributed by atoms with Crippen molar-refractivity contribution in [1.29, 1.82) is 0 Å². The number of rotatable bonds is 4. The number of ether oxygens (including phenoxy) is 1. The van der Waals surface area contributed by atoms with Gasteiger partial charge in [-0.2, -0.15) is 0 Å². The molecule has 0 bridgehead atoms. The Kier molecular flexibility index (Phi) is 6.99. The predicted molar refractivity (Wildman–Crippen MR) is 72.6 cm³/mol. The molecule has 5 heteroatoms. The van der Waals surface area contributed by atoms with Crippen LogP contribution in [-0.4, -0.2) is 28.8 Å². The number of carboxylic acid groups (broad SMARTS) is 1. The number of aliphatic carboxylic acids is 1. The summed E-state index contributed by atoms with van der Waals surface area (Å²) in [4.78, 5) is 22.0. The maximum atomic E-state index is 11.6. The molecule has 1 unspecified atom stereocenters. The van der Waals surface area contributed by atoms with Crippen LogP contribution in [0.3, 0.4) is 0 Å². The zero-order valence-corrected chi connectivity index (χ0v) is 12.2. The molecule has 1 atom stereocenters. The number of amides is 1. The van der Waals surface area contributed by atoms with Crippen molar-refractivity contribution in [2.75, 3.05) is 0 Å². The van der Waals surface area contributed by atoms with Gasteiger partial charge in [0.05, 0.1) is 6.04 Å². The zero-order chi connectivity index (χ0) is 15.1. The van der Waals surface area contributed by atoms with E-state index < -0.39 is 23.7 Å². The topological polar surface area (TPSA) is 75.6 Å². The summed E-state index contributed by atoms with van der Waals surface area (Å²) in [6.07, 6.45) is -0.126. The molecule has 0 aromatic carbocycles. The average Bonchev–Trinajstić information content (AvgIpc) is 2.11. The van der Waals surface area contributed by atoms with Crippen LogP contribution in [0.2, 0.25) is 0 Å². The fourth-order valence-electron chi connectivity index (χ4n) is 1.32. The number of nitrogens with one attached hydrogen (secondary N) is 1. The molecular weight excluding hydrogens is 246 g/mol. The van der Waals surface area contributed by atoms with E-state index in [-0.39, 0.29) is 6.42 Å². The third kappa shape index (κ3) is 11.1. The minimum atomic E-state index is -0.979. The first-order valence-electron chi connectivity index (χ1n) is 6.30. The summed E-state index contributed by atoms with van der Waals surface area (Å²) < 4.78 is 5.14. The van der Waals surface area contributed by atoms with Crippen LogP contribution in [0.1, 0.15) is 47.5 Å². The first-order valence-corrected chi connectivity index (χ1v) is 6.30. The van der Waals surface area contributed by atoms with Crippen molar-refractivity contribution in [3.05, 3.63) is 0 Å². The van der Waals surface area contributed by atoms with Gasteiger partial charge in [-0.15, -0.1) is 0 Å². The van der Waals surface area contributed by atoms with Gasteiger partial charge < -0.3 is 15.2 Å². The maximum Gasteiger partial charge on any atom is 0.408 e. The number of hydrogen-bond acceptors (Lipinski definition) is 3. The van der Waals surface area contributed by atoms with Gasteiger partial charge in [0.15, 0.2) is 0 Å². The molecule has 0 aliphatic heterocycles. The summed E-state index contributed by atoms with van der Waals surface area (Å²) in [6.45, 7) is 9.34. The van der Waals surface area contributed by atoms with Gasteiger partial charge in [-0.25, -0.2) is 4.79 Å². The van der Waals surface area contributed by atoms with E-state index in [4.69, 9.17) is 9.84 Å². The standard InChI is InChI=1S/C14H23NO4/c1-10(2)9-11(7-6-8-12(16)17)15-13(18)19-14(3,4)5/h10-11H,8-9H2,1-5H3,(H,15,18)(H,16,17). The van der Waals surface area contributed by atoms with Crippen LogP contribution in [0.15, 0.2) is 0 Å². The Morgan fingerprint density at radius 1 is 1.32 bits per heavy atom. The molecule has 0 radical (unpaired) electrons. The summed E-state index contributed by atoms with van der Waals surface area (Å²) >= 11 is 0. The van der Waals surface area contributed by atoms with E-state index in [0.717, 1.165) is 0 Å². The molecule has 0 aromatic heterocycles. The molecular formula is C14H23NO4. The molecule has 0 saturated carbocycles. The molecule has 0 fully saturated rings. The SMILES string of the molecule is CC(C)CC(C#CCC(=O)O)NC(=O)OC(C)(C)C. The third-order valence-corrected chi connectivity index (χ3v) is 1.91. The van der Waals surface area contributed by atoms with E-state index in [0.29, 0.717) is 12.3 Å². The highest BCUT2D eigenvalue weighted by Gasteiger charge is 2.19. The lowest BCUT2D eigenvalue weighted by atomic mass is 10.0. The predicted octanol–water partition coefficient (Wildman–Crippen LogP) is 2.40. The monoisotopic (exact) mass is 269 g/mol. The van der Waals surface area contributed by atoms with Crippen molar-refractivity contribution in [2.24, 2.45) is 5.92 Å². The number of carboxylic acids is 1. The summed E-state index contributed by atoms with van der Waals surface area (Å²) in [5.74, 6) is 4.65. The summed E-state index contributed by atoms with van der Waals surface area (Å²) in [5, 5.41) is 11.2. The second-order valence-electron chi connectivity index (χ2n) is 5.72. The molecule has 0 saturated heterocycles. The molecule has 19 heavy (non-hydrogen) atoms. The normalized spacial score (nSPS) is 12.3. The molecule has 0 aliphatic rings. The van der Waals surface area contributed by atoms with Gasteiger partial charge >= 0.3 is 12.1 Å². The van der Waals surface area contributed by atoms with E-state index in [1.165, 1.54) is 0 Å². The van der Waals surface area contributed by atoms with E-state index in [2.05, 4.69) is 17.2 Å². The number of carbonyl (C=O) groups is 2. The largest absolute Gasteiger partial charge is 0.481 e. The van der Waals surface area contributed by atoms with Crippen molar-refractivity contribution in [2.45, 2.75) is 59.1 Å². The van der Waals surface area contributed by atoms with Crippen LogP contribution in [0.4, 0.5) is 4.79 Å². The molecule has 1 amide bonds. The Morgan fingerprint density at radius 2 is 1.89 bits per heavy atom. The third-order valence-electron chi connectivity index (χ3n) is 1.91. The maximum absolute atomic E-state index is 11.6. The average molecular weight is 269 g/mol. The molecule has 2 N–H and O–H groups in total. The van der Waals surface area contributed by atoms with Crippen LogP contribution in [0.25, 0.3) is 0 Å². The summed E-state index contributed by atoms with van der Waals surface area (Å²) in [6, 6.07) is -0.394. The minimum absolute atomic E-state index is 0.232. The highest BCUT2D eigenvalue weighted by atomic mass is 16.6. The van der Waals surface area contributed by atoms with Gasteiger partial charge in [0.1, 0.15) is 12.0 Å². The minimum Gasteiger partial charge on any atom is -0.481 e. The smallest absolute Gasteiger partial charge is 0.408 e. The van der Waals surface area contributed by atoms with Crippen molar-refractivity contribution in [3.63, 3.8) is 0 Å². The lowest BCUT2D eigenvalue weighted by Gasteiger charge is -2.22. The second kappa shape index (κ2) is 7.67. The lowest BCUT2D eigenvalue weighted by Crippen LogP contribution is -2.39. The van der Waals surface area contributed by atoms with E-state index in [1.807, 2.05) is 13.8 Å². The van der Waals surface area contributed by atoms with E-state index in [9.17, 15) is 9.59 Å². The first-order chi connectivity index (χ1) is 8.60. The first kappa shape index (κ1) is 17.3. The van der Waals surface area contributed by atoms with Crippen molar-refractivity contribution < 1.29 is 19.4 Å². The Morgan fingerprint density at radius 3 is 2.32 bits per heavy atom. The van der Waals surface area contributed by atoms with Gasteiger partial charge in [0.2, 0.25) is 0 Å². The molecule has 5 nitrogen and oxygen atoms in total. The van der Waals surface area contributed by atoms with Crippen LogP contribution >= 0.6 is 0 Å². The summed E-state index contributed by atoms with van der Waals surface area (Å²) in [7, 11) is 0. The van der Waals surface area contributed by atoms with Crippen molar-refractivity contribution in [3.8, 4) is 11.8 Å². The number of hydrogen-bond donors (Lipinski definition) is 2. The van der Waals surface area contributed by atoms with Crippen LogP contribution in [0.5, 0.6) is 0 Å². The van der Waals surface area contributed by atoms with Crippen LogP contribution < -0.4 is 5.32 Å². The Hall–Kier alpha value is -1.70. The summed E-state index contributed by atoms with van der Waals surface area (Å²) in [5.41, 5.74) is -0.568. The molecule has 0 rings (SSSR count). The van der Waals surface area contributed by atoms with Gasteiger partial charge in [0, 0.05) is 0 Å². The number of carbonyl (C=O) groups excluding carboxylic acids is 1. The van der Waals surface area contributed by atoms with Crippen LogP contribution in [-0.2, 0) is 9.53 Å². The second-order valence-corrected chi connectivity index (χ2v) is 5.72. The highest BCUT2D eigenvalue weighted by molar-refractivity contribution is 5.70. The quantitative estimate of drug-likeness (QED) is 0.768. The molecule has 0 aliphatic carbocycles. The van der Waals surface area contributed by atoms with E-state index >= 15 is 0 Å². The highest BCUT2D eigenvalue weighted by Crippen LogP contribution is 2.09. The molecule has 108 valence electrons. The van der Waals surface area contributed by atoms with Gasteiger partial charge in [-0.05, 0) is 33.1 Å². The Bertz CT molecular complexity index is 371.